The van der Waals surface area contributed by atoms with Gasteiger partial charge in [0.05, 0.1) is 24.0 Å². The number of piperidine rings is 1. The summed E-state index contributed by atoms with van der Waals surface area (Å²) in [5.74, 6) is 1.25. The third-order valence-electron chi connectivity index (χ3n) is 5.16. The Bertz CT molecular complexity index is 748. The summed E-state index contributed by atoms with van der Waals surface area (Å²) in [5.41, 5.74) is 1.80. The van der Waals surface area contributed by atoms with Crippen LogP contribution in [-0.2, 0) is 22.6 Å². The molecule has 2 aromatic heterocycles. The summed E-state index contributed by atoms with van der Waals surface area (Å²) in [6.07, 6.45) is 3.33. The second-order valence-electron chi connectivity index (χ2n) is 7.15. The van der Waals surface area contributed by atoms with Crippen molar-refractivity contribution in [1.29, 1.82) is 0 Å². The lowest BCUT2D eigenvalue weighted by atomic mass is 9.91. The Labute approximate surface area is 152 Å². The summed E-state index contributed by atoms with van der Waals surface area (Å²) in [6, 6.07) is 7.65. The number of nitrogens with zero attached hydrogens (tertiary/aromatic N) is 3. The van der Waals surface area contributed by atoms with Crippen molar-refractivity contribution in [3.05, 3.63) is 47.6 Å². The van der Waals surface area contributed by atoms with E-state index in [0.717, 1.165) is 49.6 Å². The van der Waals surface area contributed by atoms with E-state index in [-0.39, 0.29) is 18.1 Å². The highest BCUT2D eigenvalue weighted by Gasteiger charge is 2.41. The van der Waals surface area contributed by atoms with E-state index < -0.39 is 0 Å². The van der Waals surface area contributed by atoms with Crippen LogP contribution in [0.15, 0.2) is 35.0 Å². The highest BCUT2D eigenvalue weighted by Crippen LogP contribution is 2.33. The molecular formula is C19H24N4O3. The highest BCUT2D eigenvalue weighted by atomic mass is 16.5. The molecule has 2 aliphatic rings. The lowest BCUT2D eigenvalue weighted by Crippen LogP contribution is -2.42. The maximum absolute atomic E-state index is 12.4. The second-order valence-corrected chi connectivity index (χ2v) is 7.15. The van der Waals surface area contributed by atoms with Gasteiger partial charge in [-0.25, -0.2) is 0 Å². The largest absolute Gasteiger partial charge is 0.364 e. The molecule has 0 aliphatic carbocycles. The molecule has 2 fully saturated rings. The number of nitrogens with one attached hydrogen (secondary N) is 1. The average Bonchev–Trinajstić information content (AvgIpc) is 3.26. The van der Waals surface area contributed by atoms with E-state index in [9.17, 15) is 4.79 Å². The van der Waals surface area contributed by atoms with Gasteiger partial charge in [0.1, 0.15) is 11.9 Å². The monoisotopic (exact) mass is 356 g/mol. The Morgan fingerprint density at radius 2 is 2.31 bits per heavy atom. The Balaban J connectivity index is 1.28. The minimum absolute atomic E-state index is 0.0382. The molecule has 138 valence electrons. The Kier molecular flexibility index (Phi) is 4.99. The van der Waals surface area contributed by atoms with Crippen molar-refractivity contribution in [3.8, 4) is 0 Å². The molecule has 26 heavy (non-hydrogen) atoms. The Morgan fingerprint density at radius 3 is 3.08 bits per heavy atom. The van der Waals surface area contributed by atoms with E-state index in [0.29, 0.717) is 12.5 Å². The van der Waals surface area contributed by atoms with Crippen molar-refractivity contribution in [2.45, 2.75) is 45.1 Å². The van der Waals surface area contributed by atoms with Gasteiger partial charge in [-0.05, 0) is 44.4 Å². The van der Waals surface area contributed by atoms with Crippen molar-refractivity contribution in [1.82, 2.24) is 20.4 Å². The van der Waals surface area contributed by atoms with E-state index in [1.807, 2.05) is 31.2 Å². The van der Waals surface area contributed by atoms with Crippen LogP contribution in [0, 0.1) is 12.8 Å². The summed E-state index contributed by atoms with van der Waals surface area (Å²) in [6.45, 7) is 4.93. The Morgan fingerprint density at radius 1 is 1.38 bits per heavy atom. The number of aromatic nitrogens is 2. The van der Waals surface area contributed by atoms with Gasteiger partial charge in [-0.15, -0.1) is 0 Å². The van der Waals surface area contributed by atoms with Gasteiger partial charge in [0.15, 0.2) is 0 Å². The van der Waals surface area contributed by atoms with Gasteiger partial charge in [-0.3, -0.25) is 14.7 Å². The lowest BCUT2D eigenvalue weighted by Gasteiger charge is -2.33. The van der Waals surface area contributed by atoms with Crippen molar-refractivity contribution in [2.24, 2.45) is 5.92 Å². The number of fused-ring (bicyclic) bond motifs is 1. The zero-order valence-corrected chi connectivity index (χ0v) is 14.9. The predicted octanol–water partition coefficient (Wildman–Crippen LogP) is 1.67. The normalized spacial score (nSPS) is 25.8. The van der Waals surface area contributed by atoms with Crippen LogP contribution in [0.4, 0.5) is 0 Å². The molecule has 7 nitrogen and oxygen atoms in total. The van der Waals surface area contributed by atoms with Gasteiger partial charge in [0.25, 0.3) is 0 Å². The van der Waals surface area contributed by atoms with E-state index in [1.54, 1.807) is 6.20 Å². The Hall–Kier alpha value is -2.25. The standard InChI is InChI=1S/C19H24N4O3/c1-13-8-16(22-26-13)11-23-7-5-14-9-17(25-18(14)12-23)19(24)21-10-15-4-2-3-6-20-15/h2-4,6,8,14,17-18H,5,7,9-12H2,1H3,(H,21,24)/t14-,17+,18+/m0/s1. The van der Waals surface area contributed by atoms with Crippen LogP contribution >= 0.6 is 0 Å². The minimum atomic E-state index is -0.358. The first-order valence-electron chi connectivity index (χ1n) is 9.15. The number of ether oxygens (including phenoxy) is 1. The number of hydrogen-bond acceptors (Lipinski definition) is 6. The summed E-state index contributed by atoms with van der Waals surface area (Å²) in [4.78, 5) is 19.0. The van der Waals surface area contributed by atoms with Crippen LogP contribution in [0.5, 0.6) is 0 Å². The number of rotatable bonds is 5. The molecule has 0 bridgehead atoms. The van der Waals surface area contributed by atoms with E-state index >= 15 is 0 Å². The number of amides is 1. The molecule has 0 aromatic carbocycles. The van der Waals surface area contributed by atoms with Gasteiger partial charge in [0, 0.05) is 25.4 Å². The van der Waals surface area contributed by atoms with Crippen LogP contribution in [-0.4, -0.2) is 46.2 Å². The number of likely N-dealkylation sites (tertiary alicyclic amines) is 1. The second kappa shape index (κ2) is 7.55. The summed E-state index contributed by atoms with van der Waals surface area (Å²) in [7, 11) is 0. The number of pyridine rings is 1. The first-order valence-corrected chi connectivity index (χ1v) is 9.15. The number of carbonyl (C=O) groups excluding carboxylic acids is 1. The van der Waals surface area contributed by atoms with Crippen LogP contribution in [0.3, 0.4) is 0 Å². The molecule has 0 radical (unpaired) electrons. The van der Waals surface area contributed by atoms with Gasteiger partial charge in [-0.1, -0.05) is 11.2 Å². The van der Waals surface area contributed by atoms with E-state index in [2.05, 4.69) is 20.4 Å². The van der Waals surface area contributed by atoms with Crippen LogP contribution in [0.2, 0.25) is 0 Å². The average molecular weight is 356 g/mol. The molecule has 2 aromatic rings. The fourth-order valence-corrected chi connectivity index (χ4v) is 3.82. The lowest BCUT2D eigenvalue weighted by molar-refractivity contribution is -0.133. The molecule has 0 saturated carbocycles. The van der Waals surface area contributed by atoms with Crippen LogP contribution in [0.1, 0.15) is 30.0 Å². The van der Waals surface area contributed by atoms with Crippen molar-refractivity contribution >= 4 is 5.91 Å². The molecule has 2 saturated heterocycles. The quantitative estimate of drug-likeness (QED) is 0.878. The predicted molar refractivity (Wildman–Crippen MR) is 94.0 cm³/mol. The summed E-state index contributed by atoms with van der Waals surface area (Å²) in [5, 5.41) is 7.01. The van der Waals surface area contributed by atoms with E-state index in [4.69, 9.17) is 9.26 Å². The minimum Gasteiger partial charge on any atom is -0.364 e. The van der Waals surface area contributed by atoms with Crippen molar-refractivity contribution < 1.29 is 14.1 Å². The summed E-state index contributed by atoms with van der Waals surface area (Å²) < 4.78 is 11.2. The molecule has 0 unspecified atom stereocenters. The third-order valence-corrected chi connectivity index (χ3v) is 5.16. The molecule has 0 spiro atoms. The van der Waals surface area contributed by atoms with Crippen molar-refractivity contribution in [3.63, 3.8) is 0 Å². The van der Waals surface area contributed by atoms with Gasteiger partial charge >= 0.3 is 0 Å². The number of carbonyl (C=O) groups is 1. The SMILES string of the molecule is Cc1cc(CN2CC[C@H]3C[C@H](C(=O)NCc4ccccn4)O[C@@H]3C2)no1. The number of aryl methyl sites for hydroxylation is 1. The van der Waals surface area contributed by atoms with Gasteiger partial charge in [0.2, 0.25) is 5.91 Å². The number of hydrogen-bond donors (Lipinski definition) is 1. The van der Waals surface area contributed by atoms with Crippen LogP contribution < -0.4 is 5.32 Å². The molecule has 3 atom stereocenters. The maximum Gasteiger partial charge on any atom is 0.249 e. The van der Waals surface area contributed by atoms with E-state index in [1.165, 1.54) is 0 Å². The fourth-order valence-electron chi connectivity index (χ4n) is 3.82. The molecule has 7 heteroatoms. The highest BCUT2D eigenvalue weighted by molar-refractivity contribution is 5.81. The molecule has 2 aliphatic heterocycles. The molecular weight excluding hydrogens is 332 g/mol. The summed E-state index contributed by atoms with van der Waals surface area (Å²) >= 11 is 0. The first-order chi connectivity index (χ1) is 12.7. The fraction of sp³-hybridized carbons (Fsp3) is 0.526. The van der Waals surface area contributed by atoms with Crippen molar-refractivity contribution in [2.75, 3.05) is 13.1 Å². The third kappa shape index (κ3) is 3.94. The topological polar surface area (TPSA) is 80.5 Å². The van der Waals surface area contributed by atoms with Gasteiger partial charge in [-0.2, -0.15) is 0 Å². The maximum atomic E-state index is 12.4. The first kappa shape index (κ1) is 17.2. The molecule has 1 amide bonds. The van der Waals surface area contributed by atoms with Crippen LogP contribution in [0.25, 0.3) is 0 Å². The molecule has 1 N–H and O–H groups in total. The zero-order valence-electron chi connectivity index (χ0n) is 14.9. The zero-order chi connectivity index (χ0) is 17.9. The van der Waals surface area contributed by atoms with Gasteiger partial charge < -0.3 is 14.6 Å². The smallest absolute Gasteiger partial charge is 0.249 e. The molecule has 4 rings (SSSR count). The molecule has 4 heterocycles.